The molecule has 0 bridgehead atoms. The van der Waals surface area contributed by atoms with E-state index in [4.69, 9.17) is 32.7 Å². The molecule has 2 unspecified atom stereocenters. The molecule has 4 rings (SSSR count). The van der Waals surface area contributed by atoms with Crippen molar-refractivity contribution in [3.63, 3.8) is 0 Å². The number of hydrogen-bond acceptors (Lipinski definition) is 3. The SMILES string of the molecule is C=CCC1(C)CC(c2cccc(Cl)c2)[C@@H](c2ccc(Cl)cc2)N(Cc2ccc(OC)cc2OC)C1=O. The Labute approximate surface area is 223 Å². The van der Waals surface area contributed by atoms with Gasteiger partial charge in [-0.3, -0.25) is 4.79 Å². The van der Waals surface area contributed by atoms with E-state index in [1.807, 2.05) is 78.6 Å². The molecule has 3 aromatic carbocycles. The maximum atomic E-state index is 14.2. The van der Waals surface area contributed by atoms with Crippen LogP contribution < -0.4 is 9.47 Å². The minimum absolute atomic E-state index is 0.0109. The summed E-state index contributed by atoms with van der Waals surface area (Å²) >= 11 is 12.7. The molecule has 1 fully saturated rings. The highest BCUT2D eigenvalue weighted by Crippen LogP contribution is 2.52. The van der Waals surface area contributed by atoms with Gasteiger partial charge in [0, 0.05) is 34.1 Å². The molecule has 1 aliphatic rings. The van der Waals surface area contributed by atoms with Crippen molar-refractivity contribution < 1.29 is 14.3 Å². The molecule has 1 saturated heterocycles. The number of methoxy groups -OCH3 is 2. The third-order valence-electron chi connectivity index (χ3n) is 7.08. The smallest absolute Gasteiger partial charge is 0.229 e. The van der Waals surface area contributed by atoms with Gasteiger partial charge < -0.3 is 14.4 Å². The second kappa shape index (κ2) is 11.0. The molecule has 6 heteroatoms. The largest absolute Gasteiger partial charge is 0.497 e. The van der Waals surface area contributed by atoms with Crippen molar-refractivity contribution in [3.8, 4) is 11.5 Å². The van der Waals surface area contributed by atoms with Crippen LogP contribution in [0.1, 0.15) is 48.4 Å². The zero-order valence-electron chi connectivity index (χ0n) is 20.8. The van der Waals surface area contributed by atoms with E-state index in [-0.39, 0.29) is 17.9 Å². The summed E-state index contributed by atoms with van der Waals surface area (Å²) in [5.41, 5.74) is 2.40. The molecule has 0 aromatic heterocycles. The van der Waals surface area contributed by atoms with Crippen molar-refractivity contribution in [3.05, 3.63) is 106 Å². The third-order valence-corrected chi connectivity index (χ3v) is 7.57. The van der Waals surface area contributed by atoms with Gasteiger partial charge in [0.1, 0.15) is 11.5 Å². The Morgan fingerprint density at radius 3 is 2.39 bits per heavy atom. The molecule has 1 heterocycles. The molecule has 188 valence electrons. The molecule has 1 amide bonds. The molecule has 0 aliphatic carbocycles. The number of likely N-dealkylation sites (tertiary alicyclic amines) is 1. The quantitative estimate of drug-likeness (QED) is 0.282. The topological polar surface area (TPSA) is 38.8 Å². The van der Waals surface area contributed by atoms with Gasteiger partial charge >= 0.3 is 0 Å². The Bertz CT molecular complexity index is 1240. The molecule has 1 aliphatic heterocycles. The summed E-state index contributed by atoms with van der Waals surface area (Å²) in [6.45, 7) is 6.36. The minimum Gasteiger partial charge on any atom is -0.497 e. The van der Waals surface area contributed by atoms with Gasteiger partial charge in [-0.1, -0.05) is 60.5 Å². The fourth-order valence-electron chi connectivity index (χ4n) is 5.31. The molecule has 4 nitrogen and oxygen atoms in total. The van der Waals surface area contributed by atoms with E-state index in [0.717, 1.165) is 16.7 Å². The van der Waals surface area contributed by atoms with Gasteiger partial charge in [0.2, 0.25) is 5.91 Å². The van der Waals surface area contributed by atoms with Crippen molar-refractivity contribution in [2.45, 2.75) is 38.3 Å². The van der Waals surface area contributed by atoms with Crippen LogP contribution in [-0.4, -0.2) is 25.0 Å². The second-order valence-corrected chi connectivity index (χ2v) is 10.4. The van der Waals surface area contributed by atoms with Crippen LogP contribution in [0.15, 0.2) is 79.4 Å². The van der Waals surface area contributed by atoms with E-state index in [1.165, 1.54) is 0 Å². The van der Waals surface area contributed by atoms with Crippen LogP contribution in [0.5, 0.6) is 11.5 Å². The van der Waals surface area contributed by atoms with Crippen molar-refractivity contribution in [2.24, 2.45) is 5.41 Å². The number of piperidine rings is 1. The summed E-state index contributed by atoms with van der Waals surface area (Å²) in [7, 11) is 3.25. The van der Waals surface area contributed by atoms with E-state index >= 15 is 0 Å². The van der Waals surface area contributed by atoms with E-state index in [1.54, 1.807) is 14.2 Å². The Balaban J connectivity index is 1.88. The molecule has 0 radical (unpaired) electrons. The second-order valence-electron chi connectivity index (χ2n) is 9.53. The van der Waals surface area contributed by atoms with E-state index in [2.05, 4.69) is 12.6 Å². The van der Waals surface area contributed by atoms with Crippen LogP contribution in [-0.2, 0) is 11.3 Å². The van der Waals surface area contributed by atoms with Crippen molar-refractivity contribution >= 4 is 29.1 Å². The first-order valence-corrected chi connectivity index (χ1v) is 12.7. The Kier molecular flexibility index (Phi) is 7.97. The van der Waals surface area contributed by atoms with E-state index in [0.29, 0.717) is 40.9 Å². The average molecular weight is 524 g/mol. The Morgan fingerprint density at radius 2 is 1.75 bits per heavy atom. The van der Waals surface area contributed by atoms with Crippen LogP contribution >= 0.6 is 23.2 Å². The molecule has 0 saturated carbocycles. The molecule has 36 heavy (non-hydrogen) atoms. The van der Waals surface area contributed by atoms with E-state index in [9.17, 15) is 4.79 Å². The molecular formula is C30H31Cl2NO3. The van der Waals surface area contributed by atoms with Crippen LogP contribution in [0.3, 0.4) is 0 Å². The summed E-state index contributed by atoms with van der Waals surface area (Å²) in [6, 6.07) is 21.2. The lowest BCUT2D eigenvalue weighted by atomic mass is 9.67. The van der Waals surface area contributed by atoms with Crippen LogP contribution in [0, 0.1) is 5.41 Å². The zero-order chi connectivity index (χ0) is 25.9. The standard InChI is InChI=1S/C30H31Cl2NO3/c1-5-15-30(2)18-26(21-7-6-8-24(32)16-21)28(20-9-12-23(31)13-10-20)33(29(30)34)19-22-11-14-25(35-3)17-27(22)36-4/h5-14,16-17,26,28H,1,15,18-19H2,2-4H3/t26?,28-,30?/m1/s1. The highest BCUT2D eigenvalue weighted by atomic mass is 35.5. The third kappa shape index (κ3) is 5.25. The lowest BCUT2D eigenvalue weighted by Crippen LogP contribution is -2.51. The number of ether oxygens (including phenoxy) is 2. The average Bonchev–Trinajstić information content (AvgIpc) is 2.87. The monoisotopic (exact) mass is 523 g/mol. The molecular weight excluding hydrogens is 493 g/mol. The predicted molar refractivity (Wildman–Crippen MR) is 146 cm³/mol. The first kappa shape index (κ1) is 26.1. The van der Waals surface area contributed by atoms with Gasteiger partial charge in [0.25, 0.3) is 0 Å². The Hall–Kier alpha value is -2.95. The number of amides is 1. The van der Waals surface area contributed by atoms with Gasteiger partial charge in [0.05, 0.1) is 25.7 Å². The summed E-state index contributed by atoms with van der Waals surface area (Å²) < 4.78 is 11.1. The lowest BCUT2D eigenvalue weighted by Gasteiger charge is -2.49. The summed E-state index contributed by atoms with van der Waals surface area (Å²) in [4.78, 5) is 16.2. The minimum atomic E-state index is -0.614. The summed E-state index contributed by atoms with van der Waals surface area (Å²) in [5, 5.41) is 1.33. The predicted octanol–water partition coefficient (Wildman–Crippen LogP) is 7.85. The van der Waals surface area contributed by atoms with Gasteiger partial charge in [-0.15, -0.1) is 6.58 Å². The van der Waals surface area contributed by atoms with Crippen molar-refractivity contribution in [1.82, 2.24) is 4.90 Å². The maximum Gasteiger partial charge on any atom is 0.229 e. The molecule has 3 aromatic rings. The number of rotatable bonds is 8. The number of halogens is 2. The first-order chi connectivity index (χ1) is 17.3. The first-order valence-electron chi connectivity index (χ1n) is 11.9. The van der Waals surface area contributed by atoms with Gasteiger partial charge in [0.15, 0.2) is 0 Å². The molecule has 0 spiro atoms. The normalized spacial score (nSPS) is 21.8. The van der Waals surface area contributed by atoms with Crippen LogP contribution in [0.4, 0.5) is 0 Å². The number of nitrogens with zero attached hydrogens (tertiary/aromatic N) is 1. The number of benzene rings is 3. The zero-order valence-corrected chi connectivity index (χ0v) is 22.4. The lowest BCUT2D eigenvalue weighted by molar-refractivity contribution is -0.151. The Morgan fingerprint density at radius 1 is 1.00 bits per heavy atom. The maximum absolute atomic E-state index is 14.2. The summed E-state index contributed by atoms with van der Waals surface area (Å²) in [5.74, 6) is 1.46. The molecule has 0 N–H and O–H groups in total. The summed E-state index contributed by atoms with van der Waals surface area (Å²) in [6.07, 6.45) is 3.08. The fraction of sp³-hybridized carbons (Fsp3) is 0.300. The number of allylic oxidation sites excluding steroid dienone is 1. The molecule has 3 atom stereocenters. The van der Waals surface area contributed by atoms with Gasteiger partial charge in [-0.25, -0.2) is 0 Å². The highest BCUT2D eigenvalue weighted by Gasteiger charge is 2.49. The van der Waals surface area contributed by atoms with Crippen LogP contribution in [0.2, 0.25) is 10.0 Å². The number of hydrogen-bond donors (Lipinski definition) is 0. The van der Waals surface area contributed by atoms with Crippen LogP contribution in [0.25, 0.3) is 0 Å². The van der Waals surface area contributed by atoms with Gasteiger partial charge in [-0.05, 0) is 60.4 Å². The van der Waals surface area contributed by atoms with Crippen molar-refractivity contribution in [1.29, 1.82) is 0 Å². The fourth-order valence-corrected chi connectivity index (χ4v) is 5.63. The van der Waals surface area contributed by atoms with Gasteiger partial charge in [-0.2, -0.15) is 0 Å². The van der Waals surface area contributed by atoms with E-state index < -0.39 is 5.41 Å². The van der Waals surface area contributed by atoms with Crippen molar-refractivity contribution in [2.75, 3.05) is 14.2 Å². The highest BCUT2D eigenvalue weighted by molar-refractivity contribution is 6.30. The number of carbonyl (C=O) groups is 1. The number of carbonyl (C=O) groups excluding carboxylic acids is 1.